The third kappa shape index (κ3) is 4.06. The molecule has 0 radical (unpaired) electrons. The maximum atomic E-state index is 9.74. The monoisotopic (exact) mass is 392 g/mol. The maximum Gasteiger partial charge on any atom is 0.163 e. The fraction of sp³-hybridized carbons (Fsp3) is 0.429. The Kier molecular flexibility index (Phi) is 5.43. The van der Waals surface area contributed by atoms with Crippen molar-refractivity contribution in [2.24, 2.45) is 0 Å². The van der Waals surface area contributed by atoms with Gasteiger partial charge in [-0.25, -0.2) is 14.6 Å². The van der Waals surface area contributed by atoms with Crippen molar-refractivity contribution in [3.63, 3.8) is 0 Å². The Morgan fingerprint density at radius 3 is 2.86 bits per heavy atom. The van der Waals surface area contributed by atoms with Crippen LogP contribution in [0.25, 0.3) is 11.0 Å². The van der Waals surface area contributed by atoms with Crippen LogP contribution in [0.3, 0.4) is 0 Å². The highest BCUT2D eigenvalue weighted by atomic mass is 16.3. The fourth-order valence-electron chi connectivity index (χ4n) is 4.17. The van der Waals surface area contributed by atoms with Gasteiger partial charge in [-0.2, -0.15) is 10.4 Å². The Hall–Kier alpha value is -3.02. The minimum atomic E-state index is -0.891. The van der Waals surface area contributed by atoms with Crippen LogP contribution in [-0.2, 0) is 13.0 Å². The Morgan fingerprint density at radius 2 is 2.10 bits per heavy atom. The lowest BCUT2D eigenvalue weighted by Gasteiger charge is -2.31. The Labute approximate surface area is 168 Å². The van der Waals surface area contributed by atoms with E-state index < -0.39 is 6.10 Å². The molecule has 1 unspecified atom stereocenters. The number of aliphatic hydroxyl groups excluding tert-OH is 2. The van der Waals surface area contributed by atoms with E-state index in [2.05, 4.69) is 32.5 Å². The summed E-state index contributed by atoms with van der Waals surface area (Å²) in [5, 5.41) is 36.8. The minimum Gasteiger partial charge on any atom is -0.394 e. The molecule has 2 heterocycles. The predicted octanol–water partition coefficient (Wildman–Crippen LogP) is 2.02. The maximum absolute atomic E-state index is 9.74. The van der Waals surface area contributed by atoms with Gasteiger partial charge in [0.05, 0.1) is 42.5 Å². The van der Waals surface area contributed by atoms with Crippen LogP contribution in [0.4, 0.5) is 5.82 Å². The number of nitriles is 1. The molecule has 4 rings (SSSR count). The minimum absolute atomic E-state index is 0.137. The number of anilines is 1. The molecule has 1 aliphatic carbocycles. The first-order chi connectivity index (χ1) is 14.1. The lowest BCUT2D eigenvalue weighted by atomic mass is 9.88. The third-order valence-corrected chi connectivity index (χ3v) is 5.57. The first-order valence-corrected chi connectivity index (χ1v) is 9.85. The van der Waals surface area contributed by atoms with Gasteiger partial charge in [0.2, 0.25) is 0 Å². The summed E-state index contributed by atoms with van der Waals surface area (Å²) in [5.74, 6) is 0.720. The van der Waals surface area contributed by atoms with E-state index in [9.17, 15) is 10.4 Å². The molecule has 0 aliphatic heterocycles. The second-order valence-electron chi connectivity index (χ2n) is 7.72. The molecule has 0 bridgehead atoms. The van der Waals surface area contributed by atoms with Crippen molar-refractivity contribution in [1.29, 1.82) is 5.26 Å². The van der Waals surface area contributed by atoms with Crippen LogP contribution in [-0.4, -0.2) is 48.2 Å². The fourth-order valence-corrected chi connectivity index (χ4v) is 4.17. The van der Waals surface area contributed by atoms with Gasteiger partial charge in [-0.1, -0.05) is 25.0 Å². The van der Waals surface area contributed by atoms with Gasteiger partial charge in [0.25, 0.3) is 0 Å². The van der Waals surface area contributed by atoms with E-state index in [1.165, 1.54) is 6.33 Å². The van der Waals surface area contributed by atoms with E-state index in [-0.39, 0.29) is 18.7 Å². The average molecular weight is 392 g/mol. The molecule has 2 aromatic heterocycles. The van der Waals surface area contributed by atoms with Gasteiger partial charge in [-0.3, -0.25) is 0 Å². The van der Waals surface area contributed by atoms with Crippen molar-refractivity contribution in [2.45, 2.75) is 50.3 Å². The van der Waals surface area contributed by atoms with Crippen molar-refractivity contribution < 1.29 is 10.2 Å². The molecule has 1 fully saturated rings. The average Bonchev–Trinajstić information content (AvgIpc) is 3.36. The number of rotatable bonds is 7. The quantitative estimate of drug-likeness (QED) is 0.562. The molecule has 1 saturated carbocycles. The largest absolute Gasteiger partial charge is 0.394 e. The summed E-state index contributed by atoms with van der Waals surface area (Å²) in [7, 11) is 0. The molecular formula is C21H24N6O2. The van der Waals surface area contributed by atoms with Crippen LogP contribution in [0.1, 0.15) is 36.8 Å². The van der Waals surface area contributed by atoms with Crippen LogP contribution >= 0.6 is 0 Å². The number of hydrogen-bond acceptors (Lipinski definition) is 7. The highest BCUT2D eigenvalue weighted by molar-refractivity contribution is 5.86. The molecule has 8 nitrogen and oxygen atoms in total. The van der Waals surface area contributed by atoms with E-state index >= 15 is 0 Å². The molecule has 1 aliphatic rings. The lowest BCUT2D eigenvalue weighted by molar-refractivity contribution is 0.0792. The first-order valence-electron chi connectivity index (χ1n) is 9.85. The van der Waals surface area contributed by atoms with Gasteiger partial charge in [0, 0.05) is 5.54 Å². The molecule has 1 aromatic carbocycles. The lowest BCUT2D eigenvalue weighted by Crippen LogP contribution is -2.38. The number of hydrogen-bond donors (Lipinski definition) is 3. The van der Waals surface area contributed by atoms with E-state index in [4.69, 9.17) is 5.11 Å². The SMILES string of the molecule is N#Cc1cccc(CC2(Nc3ncnc4c3cnn4CC(O)CO)CCCC2)c1. The van der Waals surface area contributed by atoms with Crippen LogP contribution in [0.2, 0.25) is 0 Å². The van der Waals surface area contributed by atoms with Crippen LogP contribution < -0.4 is 5.32 Å². The smallest absolute Gasteiger partial charge is 0.163 e. The number of aromatic nitrogens is 4. The summed E-state index contributed by atoms with van der Waals surface area (Å²) in [4.78, 5) is 8.78. The van der Waals surface area contributed by atoms with E-state index in [1.807, 2.05) is 18.2 Å². The van der Waals surface area contributed by atoms with Gasteiger partial charge < -0.3 is 15.5 Å². The number of benzene rings is 1. The summed E-state index contributed by atoms with van der Waals surface area (Å²) >= 11 is 0. The normalized spacial score (nSPS) is 16.6. The van der Waals surface area contributed by atoms with E-state index in [0.717, 1.165) is 48.9 Å². The van der Waals surface area contributed by atoms with Crippen LogP contribution in [0.15, 0.2) is 36.8 Å². The molecule has 0 saturated heterocycles. The summed E-state index contributed by atoms with van der Waals surface area (Å²) in [6, 6.07) is 9.97. The molecular weight excluding hydrogens is 368 g/mol. The summed E-state index contributed by atoms with van der Waals surface area (Å²) in [6.07, 6.45) is 7.43. The predicted molar refractivity (Wildman–Crippen MR) is 108 cm³/mol. The van der Waals surface area contributed by atoms with E-state index in [1.54, 1.807) is 10.9 Å². The molecule has 150 valence electrons. The zero-order valence-corrected chi connectivity index (χ0v) is 16.1. The first kappa shape index (κ1) is 19.3. The molecule has 0 spiro atoms. The van der Waals surface area contributed by atoms with Crippen molar-refractivity contribution in [3.8, 4) is 6.07 Å². The van der Waals surface area contributed by atoms with Gasteiger partial charge in [-0.05, 0) is 37.0 Å². The summed E-state index contributed by atoms with van der Waals surface area (Å²) < 4.78 is 1.58. The van der Waals surface area contributed by atoms with Crippen molar-refractivity contribution in [2.75, 3.05) is 11.9 Å². The van der Waals surface area contributed by atoms with Crippen LogP contribution in [0.5, 0.6) is 0 Å². The molecule has 3 aromatic rings. The number of nitrogens with zero attached hydrogens (tertiary/aromatic N) is 5. The second kappa shape index (κ2) is 8.15. The Bertz CT molecular complexity index is 1040. The van der Waals surface area contributed by atoms with Gasteiger partial charge in [0.1, 0.15) is 12.1 Å². The van der Waals surface area contributed by atoms with Crippen LogP contribution in [0, 0.1) is 11.3 Å². The number of nitrogens with one attached hydrogen (secondary N) is 1. The zero-order chi connectivity index (χ0) is 20.3. The third-order valence-electron chi connectivity index (χ3n) is 5.57. The van der Waals surface area contributed by atoms with E-state index in [0.29, 0.717) is 11.2 Å². The Balaban J connectivity index is 1.63. The number of fused-ring (bicyclic) bond motifs is 1. The molecule has 29 heavy (non-hydrogen) atoms. The topological polar surface area (TPSA) is 120 Å². The Morgan fingerprint density at radius 1 is 1.28 bits per heavy atom. The van der Waals surface area contributed by atoms with Gasteiger partial charge in [-0.15, -0.1) is 0 Å². The molecule has 3 N–H and O–H groups in total. The zero-order valence-electron chi connectivity index (χ0n) is 16.1. The van der Waals surface area contributed by atoms with Crippen molar-refractivity contribution in [3.05, 3.63) is 47.9 Å². The second-order valence-corrected chi connectivity index (χ2v) is 7.72. The molecule has 1 atom stereocenters. The highest BCUT2D eigenvalue weighted by Crippen LogP contribution is 2.37. The highest BCUT2D eigenvalue weighted by Gasteiger charge is 2.35. The van der Waals surface area contributed by atoms with Gasteiger partial charge >= 0.3 is 0 Å². The van der Waals surface area contributed by atoms with Crippen molar-refractivity contribution in [1.82, 2.24) is 19.7 Å². The number of aliphatic hydroxyl groups is 2. The summed E-state index contributed by atoms with van der Waals surface area (Å²) in [6.45, 7) is -0.162. The standard InChI is InChI=1S/C21H24N6O2/c22-10-16-5-3-4-15(8-16)9-21(6-1-2-7-21)26-19-18-11-25-27(12-17(29)13-28)20(18)24-14-23-19/h3-5,8,11,14,17,28-29H,1-2,6-7,9,12-13H2,(H,23,24,26). The van der Waals surface area contributed by atoms with Crippen molar-refractivity contribution >= 4 is 16.9 Å². The molecule has 0 amide bonds. The molecule has 8 heteroatoms. The summed E-state index contributed by atoms with van der Waals surface area (Å²) in [5.41, 5.74) is 2.28. The van der Waals surface area contributed by atoms with Gasteiger partial charge in [0.15, 0.2) is 5.65 Å².